The van der Waals surface area contributed by atoms with E-state index in [1.807, 2.05) is 0 Å². The molecule has 1 fully saturated rings. The molecule has 0 aliphatic carbocycles. The Morgan fingerprint density at radius 1 is 1.53 bits per heavy atom. The van der Waals surface area contributed by atoms with Gasteiger partial charge >= 0.3 is 5.97 Å². The van der Waals surface area contributed by atoms with E-state index in [2.05, 4.69) is 5.32 Å². The molecule has 1 aromatic carbocycles. The van der Waals surface area contributed by atoms with Gasteiger partial charge in [-0.15, -0.1) is 0 Å². The number of carbonyl (C=O) groups is 1. The molecule has 1 saturated heterocycles. The molecule has 0 amide bonds. The number of phenols is 1. The lowest BCUT2D eigenvalue weighted by atomic mass is 9.91. The number of hydrogen-bond donors (Lipinski definition) is 3. The van der Waals surface area contributed by atoms with E-state index in [1.54, 1.807) is 0 Å². The average molecular weight is 265 g/mol. The number of carboxylic acids is 1. The zero-order valence-electron chi connectivity index (χ0n) is 11.0. The number of nitrogens with one attached hydrogen (secondary N) is 1. The standard InChI is InChI=1S/C14H19NO4/c1-19-13-7-12(16)10(6-11(13)14(17)18)5-9-3-2-4-15-8-9/h6-7,9,15-16H,2-5,8H2,1H3,(H,17,18). The second kappa shape index (κ2) is 5.93. The van der Waals surface area contributed by atoms with E-state index in [0.29, 0.717) is 17.9 Å². The lowest BCUT2D eigenvalue weighted by Crippen LogP contribution is -2.30. The predicted octanol–water partition coefficient (Wildman–Crippen LogP) is 1.64. The van der Waals surface area contributed by atoms with Crippen molar-refractivity contribution < 1.29 is 19.7 Å². The summed E-state index contributed by atoms with van der Waals surface area (Å²) in [5.74, 6) is -0.308. The van der Waals surface area contributed by atoms with Gasteiger partial charge < -0.3 is 20.3 Å². The van der Waals surface area contributed by atoms with Gasteiger partial charge in [-0.3, -0.25) is 0 Å². The van der Waals surface area contributed by atoms with Crippen molar-refractivity contribution in [3.05, 3.63) is 23.3 Å². The summed E-state index contributed by atoms with van der Waals surface area (Å²) in [5.41, 5.74) is 0.769. The third-order valence-electron chi connectivity index (χ3n) is 3.54. The van der Waals surface area contributed by atoms with Gasteiger partial charge in [0.2, 0.25) is 0 Å². The van der Waals surface area contributed by atoms with Gasteiger partial charge in [-0.05, 0) is 49.9 Å². The molecule has 1 unspecified atom stereocenters. The zero-order chi connectivity index (χ0) is 13.8. The lowest BCUT2D eigenvalue weighted by Gasteiger charge is -2.23. The molecule has 5 heteroatoms. The molecule has 3 N–H and O–H groups in total. The van der Waals surface area contributed by atoms with Crippen molar-refractivity contribution in [2.45, 2.75) is 19.3 Å². The fourth-order valence-electron chi connectivity index (χ4n) is 2.52. The summed E-state index contributed by atoms with van der Waals surface area (Å²) in [7, 11) is 1.39. The van der Waals surface area contributed by atoms with Gasteiger partial charge in [-0.2, -0.15) is 0 Å². The topological polar surface area (TPSA) is 78.8 Å². The van der Waals surface area contributed by atoms with E-state index in [4.69, 9.17) is 9.84 Å². The number of aromatic carboxylic acids is 1. The minimum atomic E-state index is -1.04. The highest BCUT2D eigenvalue weighted by Gasteiger charge is 2.19. The number of rotatable bonds is 4. The van der Waals surface area contributed by atoms with E-state index < -0.39 is 5.97 Å². The molecule has 104 valence electrons. The molecule has 1 aliphatic heterocycles. The first-order valence-electron chi connectivity index (χ1n) is 6.45. The molecule has 0 saturated carbocycles. The fourth-order valence-corrected chi connectivity index (χ4v) is 2.52. The van der Waals surface area contributed by atoms with Gasteiger partial charge in [-0.1, -0.05) is 0 Å². The highest BCUT2D eigenvalue weighted by atomic mass is 16.5. The van der Waals surface area contributed by atoms with Crippen LogP contribution < -0.4 is 10.1 Å². The van der Waals surface area contributed by atoms with E-state index in [0.717, 1.165) is 25.9 Å². The summed E-state index contributed by atoms with van der Waals surface area (Å²) < 4.78 is 4.98. The van der Waals surface area contributed by atoms with Gasteiger partial charge in [-0.25, -0.2) is 4.79 Å². The summed E-state index contributed by atoms with van der Waals surface area (Å²) in [5, 5.41) is 22.4. The quantitative estimate of drug-likeness (QED) is 0.771. The Kier molecular flexibility index (Phi) is 4.27. The van der Waals surface area contributed by atoms with Crippen molar-refractivity contribution in [3.8, 4) is 11.5 Å². The fraction of sp³-hybridized carbons (Fsp3) is 0.500. The monoisotopic (exact) mass is 265 g/mol. The number of ether oxygens (including phenoxy) is 1. The number of methoxy groups -OCH3 is 1. The number of piperidine rings is 1. The maximum absolute atomic E-state index is 11.2. The van der Waals surface area contributed by atoms with Crippen LogP contribution in [0.2, 0.25) is 0 Å². The van der Waals surface area contributed by atoms with Crippen LogP contribution in [0.1, 0.15) is 28.8 Å². The minimum Gasteiger partial charge on any atom is -0.508 e. The Hall–Kier alpha value is -1.75. The molecule has 0 aromatic heterocycles. The predicted molar refractivity (Wildman–Crippen MR) is 70.9 cm³/mol. The summed E-state index contributed by atoms with van der Waals surface area (Å²) in [6.07, 6.45) is 2.90. The number of benzene rings is 1. The Bertz CT molecular complexity index is 467. The first kappa shape index (κ1) is 13.7. The SMILES string of the molecule is COc1cc(O)c(CC2CCCNC2)cc1C(=O)O. The van der Waals surface area contributed by atoms with Crippen molar-refractivity contribution in [1.29, 1.82) is 0 Å². The summed E-state index contributed by atoms with van der Waals surface area (Å²) >= 11 is 0. The first-order chi connectivity index (χ1) is 9.11. The Morgan fingerprint density at radius 2 is 2.32 bits per heavy atom. The Labute approximate surface area is 112 Å². The van der Waals surface area contributed by atoms with Crippen LogP contribution in [0.25, 0.3) is 0 Å². The number of hydrogen-bond acceptors (Lipinski definition) is 4. The highest BCUT2D eigenvalue weighted by Crippen LogP contribution is 2.31. The van der Waals surface area contributed by atoms with Gasteiger partial charge in [0.15, 0.2) is 0 Å². The van der Waals surface area contributed by atoms with Crippen LogP contribution in [-0.4, -0.2) is 36.4 Å². The first-order valence-corrected chi connectivity index (χ1v) is 6.45. The molecule has 2 rings (SSSR count). The number of aromatic hydroxyl groups is 1. The zero-order valence-corrected chi connectivity index (χ0v) is 11.0. The van der Waals surface area contributed by atoms with Crippen LogP contribution in [0, 0.1) is 5.92 Å². The van der Waals surface area contributed by atoms with E-state index in [9.17, 15) is 9.90 Å². The second-order valence-corrected chi connectivity index (χ2v) is 4.90. The molecule has 1 heterocycles. The highest BCUT2D eigenvalue weighted by molar-refractivity contribution is 5.91. The molecule has 5 nitrogen and oxygen atoms in total. The van der Waals surface area contributed by atoms with Crippen molar-refractivity contribution in [3.63, 3.8) is 0 Å². The molecule has 1 aliphatic rings. The molecule has 1 aromatic rings. The number of carboxylic acid groups (broad SMARTS) is 1. The van der Waals surface area contributed by atoms with Crippen molar-refractivity contribution >= 4 is 5.97 Å². The normalized spacial score (nSPS) is 19.1. The smallest absolute Gasteiger partial charge is 0.339 e. The molecular formula is C14H19NO4. The van der Waals surface area contributed by atoms with Crippen LogP contribution in [0.4, 0.5) is 0 Å². The third-order valence-corrected chi connectivity index (χ3v) is 3.54. The summed E-state index contributed by atoms with van der Waals surface area (Å²) in [4.78, 5) is 11.2. The lowest BCUT2D eigenvalue weighted by molar-refractivity contribution is 0.0693. The van der Waals surface area contributed by atoms with E-state index in [1.165, 1.54) is 19.2 Å². The summed E-state index contributed by atoms with van der Waals surface area (Å²) in [6.45, 7) is 1.94. The molecule has 0 spiro atoms. The van der Waals surface area contributed by atoms with Crippen molar-refractivity contribution in [1.82, 2.24) is 5.32 Å². The van der Waals surface area contributed by atoms with Gasteiger partial charge in [0, 0.05) is 6.07 Å². The van der Waals surface area contributed by atoms with Crippen LogP contribution in [0.5, 0.6) is 11.5 Å². The van der Waals surface area contributed by atoms with Gasteiger partial charge in [0.05, 0.1) is 7.11 Å². The molecular weight excluding hydrogens is 246 g/mol. The molecule has 19 heavy (non-hydrogen) atoms. The van der Waals surface area contributed by atoms with Crippen LogP contribution >= 0.6 is 0 Å². The average Bonchev–Trinajstić information content (AvgIpc) is 2.41. The summed E-state index contributed by atoms with van der Waals surface area (Å²) in [6, 6.07) is 2.90. The minimum absolute atomic E-state index is 0.0964. The van der Waals surface area contributed by atoms with Crippen LogP contribution in [0.15, 0.2) is 12.1 Å². The Morgan fingerprint density at radius 3 is 2.89 bits per heavy atom. The third kappa shape index (κ3) is 3.17. The van der Waals surface area contributed by atoms with Crippen molar-refractivity contribution in [2.75, 3.05) is 20.2 Å². The second-order valence-electron chi connectivity index (χ2n) is 4.90. The largest absolute Gasteiger partial charge is 0.508 e. The maximum atomic E-state index is 11.2. The number of phenolic OH excluding ortho intramolecular Hbond substituents is 1. The maximum Gasteiger partial charge on any atom is 0.339 e. The molecule has 0 radical (unpaired) electrons. The van der Waals surface area contributed by atoms with Gasteiger partial charge in [0.1, 0.15) is 17.1 Å². The van der Waals surface area contributed by atoms with E-state index in [-0.39, 0.29) is 17.1 Å². The van der Waals surface area contributed by atoms with Crippen molar-refractivity contribution in [2.24, 2.45) is 5.92 Å². The molecule has 0 bridgehead atoms. The van der Waals surface area contributed by atoms with Crippen LogP contribution in [-0.2, 0) is 6.42 Å². The molecule has 1 atom stereocenters. The Balaban J connectivity index is 2.24. The van der Waals surface area contributed by atoms with E-state index >= 15 is 0 Å². The van der Waals surface area contributed by atoms with Gasteiger partial charge in [0.25, 0.3) is 0 Å². The van der Waals surface area contributed by atoms with Crippen LogP contribution in [0.3, 0.4) is 0 Å².